The van der Waals surface area contributed by atoms with E-state index in [1.807, 2.05) is 11.3 Å². The van der Waals surface area contributed by atoms with Crippen molar-refractivity contribution in [3.8, 4) is 0 Å². The zero-order valence-corrected chi connectivity index (χ0v) is 10.7. The lowest BCUT2D eigenvalue weighted by Gasteiger charge is -2.29. The summed E-state index contributed by atoms with van der Waals surface area (Å²) in [5.74, 6) is 0.636. The van der Waals surface area contributed by atoms with Gasteiger partial charge in [-0.3, -0.25) is 0 Å². The molecule has 2 rings (SSSR count). The molecule has 0 radical (unpaired) electrons. The van der Waals surface area contributed by atoms with Gasteiger partial charge >= 0.3 is 0 Å². The number of nitrogens with two attached hydrogens (primary N) is 1. The second kappa shape index (κ2) is 6.38. The van der Waals surface area contributed by atoms with Gasteiger partial charge in [-0.05, 0) is 56.3 Å². The first kappa shape index (κ1) is 12.1. The largest absolute Gasteiger partial charge is 0.330 e. The summed E-state index contributed by atoms with van der Waals surface area (Å²) in [5, 5.41) is 2.16. The van der Waals surface area contributed by atoms with Crippen LogP contribution in [0.4, 0.5) is 0 Å². The van der Waals surface area contributed by atoms with Gasteiger partial charge in [0.2, 0.25) is 0 Å². The topological polar surface area (TPSA) is 29.3 Å². The normalized spacial score (nSPS) is 19.8. The lowest BCUT2D eigenvalue weighted by Crippen LogP contribution is -2.37. The molecule has 0 spiro atoms. The highest BCUT2D eigenvalue weighted by Gasteiger charge is 2.16. The third kappa shape index (κ3) is 3.58. The number of nitrogens with zero attached hydrogens (tertiary/aromatic N) is 1. The molecule has 0 aliphatic carbocycles. The molecule has 2 N–H and O–H groups in total. The van der Waals surface area contributed by atoms with Crippen LogP contribution in [0.15, 0.2) is 17.5 Å². The quantitative estimate of drug-likeness (QED) is 0.853. The summed E-state index contributed by atoms with van der Waals surface area (Å²) in [5.41, 5.74) is 5.88. The average Bonchev–Trinajstić information content (AvgIpc) is 2.82. The van der Waals surface area contributed by atoms with E-state index in [4.69, 9.17) is 5.73 Å². The van der Waals surface area contributed by atoms with Crippen molar-refractivity contribution >= 4 is 11.3 Å². The Morgan fingerprint density at radius 2 is 2.12 bits per heavy atom. The molecule has 1 aromatic heterocycles. The van der Waals surface area contributed by atoms with Gasteiger partial charge in [0.05, 0.1) is 0 Å². The van der Waals surface area contributed by atoms with Crippen molar-refractivity contribution in [3.63, 3.8) is 0 Å². The van der Waals surface area contributed by atoms with Gasteiger partial charge in [0.15, 0.2) is 0 Å². The van der Waals surface area contributed by atoms with Crippen molar-refractivity contribution in [1.29, 1.82) is 0 Å². The fourth-order valence-corrected chi connectivity index (χ4v) is 3.26. The smallest absolute Gasteiger partial charge is 0.00489 e. The highest BCUT2D eigenvalue weighted by atomic mass is 32.1. The second-order valence-electron chi connectivity index (χ2n) is 4.75. The van der Waals surface area contributed by atoms with Crippen LogP contribution in [0.3, 0.4) is 0 Å². The minimum absolute atomic E-state index is 0.636. The van der Waals surface area contributed by atoms with Crippen LogP contribution in [0.2, 0.25) is 0 Å². The number of rotatable bonds is 5. The van der Waals surface area contributed by atoms with Gasteiger partial charge in [-0.1, -0.05) is 12.5 Å². The zero-order valence-electron chi connectivity index (χ0n) is 9.90. The molecule has 1 atom stereocenters. The molecule has 0 bridgehead atoms. The molecule has 3 heteroatoms. The van der Waals surface area contributed by atoms with Crippen LogP contribution in [0.1, 0.15) is 24.1 Å². The summed E-state index contributed by atoms with van der Waals surface area (Å²) >= 11 is 1.85. The molecule has 16 heavy (non-hydrogen) atoms. The maximum atomic E-state index is 5.88. The van der Waals surface area contributed by atoms with Crippen molar-refractivity contribution in [2.45, 2.75) is 25.7 Å². The standard InChI is InChI=1S/C13H22N2S/c14-10-12(9-13-5-4-8-16-13)11-15-6-2-1-3-7-15/h4-5,8,12H,1-3,6-7,9-11,14H2. The summed E-state index contributed by atoms with van der Waals surface area (Å²) in [7, 11) is 0. The number of likely N-dealkylation sites (tertiary alicyclic amines) is 1. The first-order valence-electron chi connectivity index (χ1n) is 6.33. The van der Waals surface area contributed by atoms with Crippen molar-refractivity contribution in [2.75, 3.05) is 26.2 Å². The van der Waals surface area contributed by atoms with Gasteiger partial charge in [0.1, 0.15) is 0 Å². The van der Waals surface area contributed by atoms with Crippen molar-refractivity contribution < 1.29 is 0 Å². The van der Waals surface area contributed by atoms with Crippen LogP contribution in [0.25, 0.3) is 0 Å². The molecule has 0 aromatic carbocycles. The van der Waals surface area contributed by atoms with Gasteiger partial charge in [0.25, 0.3) is 0 Å². The van der Waals surface area contributed by atoms with E-state index in [-0.39, 0.29) is 0 Å². The summed E-state index contributed by atoms with van der Waals surface area (Å²) in [6.07, 6.45) is 5.31. The van der Waals surface area contributed by atoms with Crippen molar-refractivity contribution in [3.05, 3.63) is 22.4 Å². The first-order valence-corrected chi connectivity index (χ1v) is 7.21. The van der Waals surface area contributed by atoms with E-state index in [2.05, 4.69) is 22.4 Å². The SMILES string of the molecule is NCC(Cc1cccs1)CN1CCCCC1. The summed E-state index contributed by atoms with van der Waals surface area (Å²) in [6.45, 7) is 4.56. The molecular formula is C13H22N2S. The van der Waals surface area contributed by atoms with E-state index < -0.39 is 0 Å². The van der Waals surface area contributed by atoms with Gasteiger partial charge in [-0.25, -0.2) is 0 Å². The molecular weight excluding hydrogens is 216 g/mol. The molecule has 1 aliphatic heterocycles. The second-order valence-corrected chi connectivity index (χ2v) is 5.78. The van der Waals surface area contributed by atoms with Crippen LogP contribution < -0.4 is 5.73 Å². The Morgan fingerprint density at radius 3 is 2.75 bits per heavy atom. The van der Waals surface area contributed by atoms with Crippen LogP contribution in [0.5, 0.6) is 0 Å². The molecule has 1 fully saturated rings. The van der Waals surface area contributed by atoms with Gasteiger partial charge in [-0.15, -0.1) is 11.3 Å². The number of hydrogen-bond donors (Lipinski definition) is 1. The van der Waals surface area contributed by atoms with E-state index in [1.54, 1.807) is 0 Å². The van der Waals surface area contributed by atoms with Crippen LogP contribution in [-0.4, -0.2) is 31.1 Å². The molecule has 90 valence electrons. The number of piperidine rings is 1. The number of thiophene rings is 1. The van der Waals surface area contributed by atoms with E-state index in [0.717, 1.165) is 13.0 Å². The molecule has 1 aromatic rings. The minimum atomic E-state index is 0.636. The van der Waals surface area contributed by atoms with Gasteiger partial charge in [-0.2, -0.15) is 0 Å². The third-order valence-corrected chi connectivity index (χ3v) is 4.27. The molecule has 2 nitrogen and oxygen atoms in total. The predicted molar refractivity (Wildman–Crippen MR) is 70.9 cm³/mol. The Balaban J connectivity index is 1.80. The van der Waals surface area contributed by atoms with Crippen molar-refractivity contribution in [1.82, 2.24) is 4.90 Å². The maximum Gasteiger partial charge on any atom is 0.00489 e. The van der Waals surface area contributed by atoms with Crippen molar-refractivity contribution in [2.24, 2.45) is 11.7 Å². The molecule has 1 unspecified atom stereocenters. The van der Waals surface area contributed by atoms with E-state index in [9.17, 15) is 0 Å². The molecule has 0 amide bonds. The Hall–Kier alpha value is -0.380. The lowest BCUT2D eigenvalue weighted by atomic mass is 10.0. The Labute approximate surface area is 102 Å². The Morgan fingerprint density at radius 1 is 1.31 bits per heavy atom. The fraction of sp³-hybridized carbons (Fsp3) is 0.692. The van der Waals surface area contributed by atoms with Crippen LogP contribution in [0, 0.1) is 5.92 Å². The van der Waals surface area contributed by atoms with E-state index in [0.29, 0.717) is 5.92 Å². The molecule has 1 saturated heterocycles. The Kier molecular flexibility index (Phi) is 4.82. The van der Waals surface area contributed by atoms with E-state index in [1.165, 1.54) is 43.8 Å². The maximum absolute atomic E-state index is 5.88. The highest BCUT2D eigenvalue weighted by Crippen LogP contribution is 2.17. The predicted octanol–water partition coefficient (Wildman–Crippen LogP) is 2.35. The summed E-state index contributed by atoms with van der Waals surface area (Å²) in [6, 6.07) is 4.36. The molecule has 1 aliphatic rings. The molecule has 2 heterocycles. The monoisotopic (exact) mass is 238 g/mol. The Bertz CT molecular complexity index is 278. The third-order valence-electron chi connectivity index (χ3n) is 3.37. The summed E-state index contributed by atoms with van der Waals surface area (Å²) < 4.78 is 0. The van der Waals surface area contributed by atoms with Crippen LogP contribution >= 0.6 is 11.3 Å². The lowest BCUT2D eigenvalue weighted by molar-refractivity contribution is 0.197. The minimum Gasteiger partial charge on any atom is -0.330 e. The molecule has 0 saturated carbocycles. The fourth-order valence-electron chi connectivity index (χ4n) is 2.44. The zero-order chi connectivity index (χ0) is 11.2. The average molecular weight is 238 g/mol. The highest BCUT2D eigenvalue weighted by molar-refractivity contribution is 7.09. The van der Waals surface area contributed by atoms with E-state index >= 15 is 0 Å². The van der Waals surface area contributed by atoms with Gasteiger partial charge < -0.3 is 10.6 Å². The first-order chi connectivity index (χ1) is 7.88. The summed E-state index contributed by atoms with van der Waals surface area (Å²) in [4.78, 5) is 4.07. The van der Waals surface area contributed by atoms with Crippen LogP contribution in [-0.2, 0) is 6.42 Å². The number of hydrogen-bond acceptors (Lipinski definition) is 3. The van der Waals surface area contributed by atoms with Gasteiger partial charge in [0, 0.05) is 11.4 Å².